The number of nitro benzene ring substituents is 1. The van der Waals surface area contributed by atoms with Crippen molar-refractivity contribution in [3.63, 3.8) is 0 Å². The third-order valence-corrected chi connectivity index (χ3v) is 2.97. The van der Waals surface area contributed by atoms with Crippen LogP contribution in [0.5, 0.6) is 0 Å². The van der Waals surface area contributed by atoms with E-state index < -0.39 is 4.92 Å². The Labute approximate surface area is 118 Å². The van der Waals surface area contributed by atoms with Crippen LogP contribution in [0.15, 0.2) is 35.8 Å². The summed E-state index contributed by atoms with van der Waals surface area (Å²) >= 11 is 0. The van der Waals surface area contributed by atoms with E-state index in [1.54, 1.807) is 23.0 Å². The SMILES string of the molecule is N#CNC1=Nc2cc(-n3ccnc3)c([N+](=O)[O-])cc2NC1. The Bertz CT molecular complexity index is 774. The average Bonchev–Trinajstić information content (AvgIpc) is 3.00. The van der Waals surface area contributed by atoms with Crippen LogP contribution in [0.3, 0.4) is 0 Å². The Hall–Kier alpha value is -3.41. The standard InChI is InChI=1S/C12H9N7O2/c13-6-16-12-5-15-8-3-11(19(20)21)10(4-9(8)17-12)18-2-1-14-7-18/h1-4,7,15H,5H2,(H,16,17). The van der Waals surface area contributed by atoms with Gasteiger partial charge in [-0.1, -0.05) is 0 Å². The van der Waals surface area contributed by atoms with Gasteiger partial charge in [-0.3, -0.25) is 15.4 Å². The maximum atomic E-state index is 11.2. The van der Waals surface area contributed by atoms with Crippen molar-refractivity contribution in [3.05, 3.63) is 41.0 Å². The number of amidine groups is 1. The van der Waals surface area contributed by atoms with Crippen molar-refractivity contribution >= 4 is 22.9 Å². The molecule has 9 heteroatoms. The van der Waals surface area contributed by atoms with Gasteiger partial charge in [0.15, 0.2) is 6.19 Å². The summed E-state index contributed by atoms with van der Waals surface area (Å²) in [5.74, 6) is 0.454. The average molecular weight is 283 g/mol. The van der Waals surface area contributed by atoms with E-state index in [4.69, 9.17) is 5.26 Å². The third-order valence-electron chi connectivity index (χ3n) is 2.97. The number of rotatable bonds is 2. The fraction of sp³-hybridized carbons (Fsp3) is 0.0833. The van der Waals surface area contributed by atoms with Gasteiger partial charge in [-0.25, -0.2) is 9.98 Å². The molecule has 1 aromatic heterocycles. The van der Waals surface area contributed by atoms with Gasteiger partial charge in [-0.2, -0.15) is 5.26 Å². The van der Waals surface area contributed by atoms with Gasteiger partial charge in [0.25, 0.3) is 5.69 Å². The molecule has 0 bridgehead atoms. The number of hydrogen-bond acceptors (Lipinski definition) is 7. The van der Waals surface area contributed by atoms with Crippen LogP contribution >= 0.6 is 0 Å². The van der Waals surface area contributed by atoms with E-state index in [2.05, 4.69) is 20.6 Å². The molecule has 0 amide bonds. The van der Waals surface area contributed by atoms with Crippen molar-refractivity contribution < 1.29 is 4.92 Å². The van der Waals surface area contributed by atoms with E-state index in [0.29, 0.717) is 29.4 Å². The second-order valence-corrected chi connectivity index (χ2v) is 4.23. The summed E-state index contributed by atoms with van der Waals surface area (Å²) in [5, 5.41) is 25.3. The molecule has 3 rings (SSSR count). The summed E-state index contributed by atoms with van der Waals surface area (Å²) in [5.41, 5.74) is 1.38. The molecule has 0 aliphatic carbocycles. The van der Waals surface area contributed by atoms with Gasteiger partial charge in [-0.05, 0) is 6.07 Å². The molecule has 21 heavy (non-hydrogen) atoms. The number of imidazole rings is 1. The van der Waals surface area contributed by atoms with Crippen LogP contribution in [0.25, 0.3) is 5.69 Å². The summed E-state index contributed by atoms with van der Waals surface area (Å²) in [6.45, 7) is 0.308. The maximum absolute atomic E-state index is 11.2. The quantitative estimate of drug-likeness (QED) is 0.371. The highest BCUT2D eigenvalue weighted by Crippen LogP contribution is 2.36. The van der Waals surface area contributed by atoms with Gasteiger partial charge in [0.05, 0.1) is 29.2 Å². The van der Waals surface area contributed by atoms with Crippen LogP contribution < -0.4 is 10.6 Å². The Morgan fingerprint density at radius 1 is 1.52 bits per heavy atom. The molecule has 0 unspecified atom stereocenters. The third kappa shape index (κ3) is 2.25. The molecule has 1 aromatic carbocycles. The Morgan fingerprint density at radius 3 is 3.05 bits per heavy atom. The van der Waals surface area contributed by atoms with Crippen molar-refractivity contribution in [3.8, 4) is 11.9 Å². The first-order valence-electron chi connectivity index (χ1n) is 5.96. The molecule has 0 radical (unpaired) electrons. The molecule has 104 valence electrons. The summed E-state index contributed by atoms with van der Waals surface area (Å²) < 4.78 is 1.54. The predicted molar refractivity (Wildman–Crippen MR) is 74.6 cm³/mol. The van der Waals surface area contributed by atoms with E-state index in [0.717, 1.165) is 0 Å². The number of benzene rings is 1. The number of nitrogens with zero attached hydrogens (tertiary/aromatic N) is 5. The number of nitriles is 1. The fourth-order valence-electron chi connectivity index (χ4n) is 2.06. The fourth-order valence-corrected chi connectivity index (χ4v) is 2.06. The minimum atomic E-state index is -0.454. The first kappa shape index (κ1) is 12.6. The number of nitro groups is 1. The number of aliphatic imine (C=N–C) groups is 1. The number of aromatic nitrogens is 2. The van der Waals surface area contributed by atoms with Gasteiger partial charge in [0.2, 0.25) is 0 Å². The Kier molecular flexibility index (Phi) is 2.96. The lowest BCUT2D eigenvalue weighted by atomic mass is 10.2. The number of hydrogen-bond donors (Lipinski definition) is 2. The smallest absolute Gasteiger partial charge is 0.295 e. The van der Waals surface area contributed by atoms with Crippen LogP contribution in [0, 0.1) is 21.6 Å². The molecule has 0 saturated carbocycles. The van der Waals surface area contributed by atoms with Crippen molar-refractivity contribution in [2.75, 3.05) is 11.9 Å². The van der Waals surface area contributed by atoms with Gasteiger partial charge < -0.3 is 9.88 Å². The number of anilines is 1. The number of nitrogens with one attached hydrogen (secondary N) is 2. The Balaban J connectivity index is 2.16. The van der Waals surface area contributed by atoms with Crippen molar-refractivity contribution in [2.24, 2.45) is 4.99 Å². The minimum Gasteiger partial charge on any atom is -0.376 e. The summed E-state index contributed by atoms with van der Waals surface area (Å²) in [4.78, 5) is 18.9. The molecule has 0 fully saturated rings. The molecule has 0 spiro atoms. The molecule has 2 heterocycles. The highest BCUT2D eigenvalue weighted by atomic mass is 16.6. The van der Waals surface area contributed by atoms with Crippen molar-refractivity contribution in [1.82, 2.24) is 14.9 Å². The van der Waals surface area contributed by atoms with Crippen LogP contribution in [0.2, 0.25) is 0 Å². The van der Waals surface area contributed by atoms with Crippen LogP contribution in [-0.4, -0.2) is 26.9 Å². The van der Waals surface area contributed by atoms with Gasteiger partial charge in [0.1, 0.15) is 11.5 Å². The topological polar surface area (TPSA) is 121 Å². The zero-order chi connectivity index (χ0) is 14.8. The van der Waals surface area contributed by atoms with Crippen LogP contribution in [0.4, 0.5) is 17.1 Å². The molecule has 1 aliphatic rings. The molecule has 2 aromatic rings. The van der Waals surface area contributed by atoms with Gasteiger partial charge in [0, 0.05) is 18.5 Å². The van der Waals surface area contributed by atoms with E-state index in [9.17, 15) is 10.1 Å². The maximum Gasteiger partial charge on any atom is 0.295 e. The molecule has 0 atom stereocenters. The van der Waals surface area contributed by atoms with E-state index in [1.807, 2.05) is 0 Å². The summed E-state index contributed by atoms with van der Waals surface area (Å²) in [6, 6.07) is 3.01. The van der Waals surface area contributed by atoms with Crippen molar-refractivity contribution in [2.45, 2.75) is 0 Å². The monoisotopic (exact) mass is 283 g/mol. The second-order valence-electron chi connectivity index (χ2n) is 4.23. The molecule has 2 N–H and O–H groups in total. The number of fused-ring (bicyclic) bond motifs is 1. The van der Waals surface area contributed by atoms with Gasteiger partial charge in [-0.15, -0.1) is 0 Å². The minimum absolute atomic E-state index is 0.0499. The van der Waals surface area contributed by atoms with Crippen molar-refractivity contribution in [1.29, 1.82) is 5.26 Å². The normalized spacial score (nSPS) is 12.6. The highest BCUT2D eigenvalue weighted by Gasteiger charge is 2.21. The Morgan fingerprint density at radius 2 is 2.38 bits per heavy atom. The van der Waals surface area contributed by atoms with E-state index in [1.165, 1.54) is 18.6 Å². The molecular weight excluding hydrogens is 274 g/mol. The van der Waals surface area contributed by atoms with E-state index >= 15 is 0 Å². The van der Waals surface area contributed by atoms with Crippen LogP contribution in [-0.2, 0) is 0 Å². The largest absolute Gasteiger partial charge is 0.376 e. The summed E-state index contributed by atoms with van der Waals surface area (Å²) in [7, 11) is 0. The van der Waals surface area contributed by atoms with Gasteiger partial charge >= 0.3 is 0 Å². The summed E-state index contributed by atoms with van der Waals surface area (Å²) in [6.07, 6.45) is 6.42. The predicted octanol–water partition coefficient (Wildman–Crippen LogP) is 1.31. The van der Waals surface area contributed by atoms with Crippen LogP contribution in [0.1, 0.15) is 0 Å². The first-order chi connectivity index (χ1) is 10.2. The molecule has 1 aliphatic heterocycles. The first-order valence-corrected chi connectivity index (χ1v) is 5.96. The second kappa shape index (κ2) is 4.93. The zero-order valence-corrected chi connectivity index (χ0v) is 10.6. The molecule has 0 saturated heterocycles. The van der Waals surface area contributed by atoms with E-state index in [-0.39, 0.29) is 5.69 Å². The molecule has 9 nitrogen and oxygen atoms in total. The highest BCUT2D eigenvalue weighted by molar-refractivity contribution is 5.95. The lowest BCUT2D eigenvalue weighted by Crippen LogP contribution is -2.28. The lowest BCUT2D eigenvalue weighted by Gasteiger charge is -2.17. The lowest BCUT2D eigenvalue weighted by molar-refractivity contribution is -0.384. The molecular formula is C12H9N7O2. The zero-order valence-electron chi connectivity index (χ0n) is 10.6.